The third kappa shape index (κ3) is 8.85. The van der Waals surface area contributed by atoms with Crippen molar-refractivity contribution in [3.05, 3.63) is 59.7 Å². The molecule has 178 valence electrons. The van der Waals surface area contributed by atoms with E-state index >= 15 is 0 Å². The fraction of sp³-hybridized carbons (Fsp3) is 0.423. The first-order valence-corrected chi connectivity index (χ1v) is 12.0. The van der Waals surface area contributed by atoms with Crippen LogP contribution in [-0.2, 0) is 0 Å². The standard InChI is InChI=1S/C26H35N3O3S/c1-5-15-29(16-6-2)25(31)21-8-7-9-22(18-21)27-26(33)28-24(30)20-10-12-23(13-11-20)32-17-14-19(3)4/h7-13,18-19H,5-6,14-17H2,1-4H3,(H2,27,28,30,33). The molecule has 2 aromatic carbocycles. The highest BCUT2D eigenvalue weighted by atomic mass is 32.1. The lowest BCUT2D eigenvalue weighted by molar-refractivity contribution is 0.0755. The number of anilines is 1. The number of amides is 2. The van der Waals surface area contributed by atoms with Crippen LogP contribution >= 0.6 is 12.2 Å². The molecule has 0 aromatic heterocycles. The van der Waals surface area contributed by atoms with Gasteiger partial charge in [0.05, 0.1) is 6.61 Å². The van der Waals surface area contributed by atoms with Crippen molar-refractivity contribution in [3.63, 3.8) is 0 Å². The summed E-state index contributed by atoms with van der Waals surface area (Å²) in [5.41, 5.74) is 1.71. The van der Waals surface area contributed by atoms with E-state index < -0.39 is 0 Å². The van der Waals surface area contributed by atoms with E-state index in [2.05, 4.69) is 38.3 Å². The van der Waals surface area contributed by atoms with Crippen molar-refractivity contribution in [2.24, 2.45) is 5.92 Å². The van der Waals surface area contributed by atoms with Gasteiger partial charge in [0, 0.05) is 29.9 Å². The van der Waals surface area contributed by atoms with Gasteiger partial charge in [-0.05, 0) is 79.9 Å². The highest BCUT2D eigenvalue weighted by Crippen LogP contribution is 2.15. The predicted octanol–water partition coefficient (Wildman–Crippen LogP) is 5.50. The number of carbonyl (C=O) groups excluding carboxylic acids is 2. The van der Waals surface area contributed by atoms with Crippen molar-refractivity contribution in [2.45, 2.75) is 47.0 Å². The summed E-state index contributed by atoms with van der Waals surface area (Å²) in [5, 5.41) is 5.84. The average molecular weight is 470 g/mol. The Labute approximate surface area is 202 Å². The van der Waals surface area contributed by atoms with Crippen LogP contribution in [0.1, 0.15) is 67.7 Å². The molecule has 0 atom stereocenters. The summed E-state index contributed by atoms with van der Waals surface area (Å²) in [6, 6.07) is 14.1. The normalized spacial score (nSPS) is 10.6. The molecule has 7 heteroatoms. The quantitative estimate of drug-likeness (QED) is 0.425. The van der Waals surface area contributed by atoms with E-state index in [0.717, 1.165) is 38.1 Å². The summed E-state index contributed by atoms with van der Waals surface area (Å²) < 4.78 is 5.69. The lowest BCUT2D eigenvalue weighted by atomic mass is 10.1. The Kier molecular flexibility index (Phi) is 10.8. The Bertz CT molecular complexity index is 923. The number of nitrogens with zero attached hydrogens (tertiary/aromatic N) is 1. The predicted molar refractivity (Wildman–Crippen MR) is 138 cm³/mol. The first kappa shape index (κ1) is 26.3. The molecule has 2 amide bonds. The molecule has 0 aliphatic carbocycles. The molecule has 0 heterocycles. The number of carbonyl (C=O) groups is 2. The summed E-state index contributed by atoms with van der Waals surface area (Å²) >= 11 is 5.30. The minimum Gasteiger partial charge on any atom is -0.494 e. The highest BCUT2D eigenvalue weighted by molar-refractivity contribution is 7.80. The molecular weight excluding hydrogens is 434 g/mol. The Balaban J connectivity index is 1.94. The summed E-state index contributed by atoms with van der Waals surface area (Å²) in [4.78, 5) is 27.2. The van der Waals surface area contributed by atoms with Crippen LogP contribution in [0.3, 0.4) is 0 Å². The summed E-state index contributed by atoms with van der Waals surface area (Å²) in [7, 11) is 0. The molecule has 2 aromatic rings. The zero-order chi connectivity index (χ0) is 24.2. The van der Waals surface area contributed by atoms with E-state index in [9.17, 15) is 9.59 Å². The second-order valence-corrected chi connectivity index (χ2v) is 8.74. The summed E-state index contributed by atoms with van der Waals surface area (Å²) in [5.74, 6) is 0.988. The lowest BCUT2D eigenvalue weighted by Crippen LogP contribution is -2.34. The maximum atomic E-state index is 12.8. The van der Waals surface area contributed by atoms with Gasteiger partial charge in [-0.15, -0.1) is 0 Å². The number of hydrogen-bond donors (Lipinski definition) is 2. The van der Waals surface area contributed by atoms with Crippen molar-refractivity contribution < 1.29 is 14.3 Å². The maximum Gasteiger partial charge on any atom is 0.257 e. The second-order valence-electron chi connectivity index (χ2n) is 8.34. The molecule has 0 bridgehead atoms. The monoisotopic (exact) mass is 469 g/mol. The van der Waals surface area contributed by atoms with E-state index in [4.69, 9.17) is 17.0 Å². The van der Waals surface area contributed by atoms with Crippen molar-refractivity contribution in [3.8, 4) is 5.75 Å². The van der Waals surface area contributed by atoms with Gasteiger partial charge in [-0.25, -0.2) is 0 Å². The SMILES string of the molecule is CCCN(CCC)C(=O)c1cccc(NC(=S)NC(=O)c2ccc(OCCC(C)C)cc2)c1. The first-order valence-electron chi connectivity index (χ1n) is 11.6. The van der Waals surface area contributed by atoms with Gasteiger partial charge >= 0.3 is 0 Å². The van der Waals surface area contributed by atoms with E-state index in [0.29, 0.717) is 29.3 Å². The van der Waals surface area contributed by atoms with E-state index in [1.54, 1.807) is 42.5 Å². The summed E-state index contributed by atoms with van der Waals surface area (Å²) in [6.45, 7) is 10.5. The number of rotatable bonds is 11. The van der Waals surface area contributed by atoms with Crippen molar-refractivity contribution in [1.29, 1.82) is 0 Å². The van der Waals surface area contributed by atoms with Gasteiger partial charge < -0.3 is 15.0 Å². The lowest BCUT2D eigenvalue weighted by Gasteiger charge is -2.21. The second kappa shape index (κ2) is 13.6. The van der Waals surface area contributed by atoms with Crippen LogP contribution in [0.25, 0.3) is 0 Å². The Morgan fingerprint density at radius 3 is 2.27 bits per heavy atom. The van der Waals surface area contributed by atoms with Crippen molar-refractivity contribution in [2.75, 3.05) is 25.0 Å². The molecule has 0 fully saturated rings. The van der Waals surface area contributed by atoms with Crippen LogP contribution in [-0.4, -0.2) is 41.5 Å². The fourth-order valence-electron chi connectivity index (χ4n) is 3.22. The first-order chi connectivity index (χ1) is 15.8. The van der Waals surface area contributed by atoms with E-state index in [-0.39, 0.29) is 16.9 Å². The van der Waals surface area contributed by atoms with Crippen LogP contribution < -0.4 is 15.4 Å². The molecule has 2 rings (SSSR count). The molecule has 33 heavy (non-hydrogen) atoms. The van der Waals surface area contributed by atoms with Gasteiger partial charge in [-0.1, -0.05) is 33.8 Å². The van der Waals surface area contributed by atoms with Crippen LogP contribution in [0.15, 0.2) is 48.5 Å². The zero-order valence-electron chi connectivity index (χ0n) is 20.0. The number of hydrogen-bond acceptors (Lipinski definition) is 4. The molecule has 0 spiro atoms. The van der Waals surface area contributed by atoms with E-state index in [1.807, 2.05) is 11.0 Å². The molecule has 0 unspecified atom stereocenters. The fourth-order valence-corrected chi connectivity index (χ4v) is 3.43. The van der Waals surface area contributed by atoms with Crippen LogP contribution in [0.2, 0.25) is 0 Å². The molecular formula is C26H35N3O3S. The zero-order valence-corrected chi connectivity index (χ0v) is 20.8. The molecule has 0 saturated carbocycles. The number of nitrogens with one attached hydrogen (secondary N) is 2. The molecule has 0 radical (unpaired) electrons. The number of ether oxygens (including phenoxy) is 1. The van der Waals surface area contributed by atoms with Crippen LogP contribution in [0, 0.1) is 5.92 Å². The summed E-state index contributed by atoms with van der Waals surface area (Å²) in [6.07, 6.45) is 2.79. The Morgan fingerprint density at radius 1 is 1.00 bits per heavy atom. The van der Waals surface area contributed by atoms with Gasteiger partial charge in [0.2, 0.25) is 0 Å². The highest BCUT2D eigenvalue weighted by Gasteiger charge is 2.15. The molecule has 0 aliphatic rings. The molecule has 0 saturated heterocycles. The minimum atomic E-state index is -0.314. The van der Waals surface area contributed by atoms with E-state index in [1.165, 1.54) is 0 Å². The average Bonchev–Trinajstić information content (AvgIpc) is 2.78. The number of benzene rings is 2. The largest absolute Gasteiger partial charge is 0.494 e. The topological polar surface area (TPSA) is 70.7 Å². The maximum absolute atomic E-state index is 12.8. The van der Waals surface area contributed by atoms with Crippen molar-refractivity contribution in [1.82, 2.24) is 10.2 Å². The Hall–Kier alpha value is -2.93. The third-order valence-electron chi connectivity index (χ3n) is 4.95. The van der Waals surface area contributed by atoms with Gasteiger partial charge in [-0.2, -0.15) is 0 Å². The van der Waals surface area contributed by atoms with Crippen LogP contribution in [0.4, 0.5) is 5.69 Å². The smallest absolute Gasteiger partial charge is 0.257 e. The minimum absolute atomic E-state index is 0.00648. The third-order valence-corrected chi connectivity index (χ3v) is 5.15. The molecule has 2 N–H and O–H groups in total. The number of thiocarbonyl (C=S) groups is 1. The van der Waals surface area contributed by atoms with Gasteiger partial charge in [0.1, 0.15) is 5.75 Å². The Morgan fingerprint density at radius 2 is 1.67 bits per heavy atom. The molecule has 6 nitrogen and oxygen atoms in total. The van der Waals surface area contributed by atoms with Crippen molar-refractivity contribution >= 4 is 34.8 Å². The van der Waals surface area contributed by atoms with Crippen LogP contribution in [0.5, 0.6) is 5.75 Å². The van der Waals surface area contributed by atoms with Gasteiger partial charge in [0.15, 0.2) is 5.11 Å². The van der Waals surface area contributed by atoms with Gasteiger partial charge in [-0.3, -0.25) is 14.9 Å². The molecule has 0 aliphatic heterocycles. The van der Waals surface area contributed by atoms with Gasteiger partial charge in [0.25, 0.3) is 11.8 Å².